The SMILES string of the molecule is CC.CCCc1c(-c2ccc3c(c2)C(C)(C)c2cc4c(cc2-3)C(C)(C)c2cc(C)ccc2-4)cccc1-c1ccccc1C.CCc1ccc(C2=CCC(C)(c3ccccc3)C=C2)cc1.Cc1ccc(-c2ccccc2C(C)(C)C)cc1. The van der Waals surface area contributed by atoms with E-state index in [1.165, 1.54) is 128 Å². The van der Waals surface area contributed by atoms with Gasteiger partial charge in [-0.3, -0.25) is 0 Å². The molecule has 0 heteroatoms. The molecule has 0 spiro atoms. The number of allylic oxidation sites excluding steroid dienone is 4. The molecule has 9 aromatic rings. The standard InChI is InChI=1S/C41H40.C21H22.C17H20.C2H6/c1-8-12-30-29(15-11-16-31(30)28-14-10-9-13-26(28)3)27-18-20-33-35-24-38-34(23-39(35)41(6,7)37(33)22-27)32-19-17-25(2)21-36(32)40(38,4)5;1-3-17-9-11-18(12-10-17)19-13-15-21(2,16-14-19)20-7-5-4-6-8-20;1-13-9-11-14(12-10-13)15-7-5-6-8-16(15)17(2,3)4;1-2/h9-11,13-24H,8,12H2,1-7H3;4-15H,3,16H2,1-2H3;5-12H,1-4H3;1-2H3. The summed E-state index contributed by atoms with van der Waals surface area (Å²) in [6.45, 7) is 33.8. The van der Waals surface area contributed by atoms with Gasteiger partial charge in [0.05, 0.1) is 0 Å². The molecule has 412 valence electrons. The molecule has 0 aliphatic heterocycles. The zero-order chi connectivity index (χ0) is 57.9. The van der Waals surface area contributed by atoms with Crippen molar-refractivity contribution in [3.8, 4) is 55.6 Å². The highest BCUT2D eigenvalue weighted by Gasteiger charge is 2.42. The van der Waals surface area contributed by atoms with Crippen LogP contribution in [0.25, 0.3) is 61.2 Å². The van der Waals surface area contributed by atoms with E-state index < -0.39 is 0 Å². The van der Waals surface area contributed by atoms with Crippen molar-refractivity contribution in [3.63, 3.8) is 0 Å². The molecule has 81 heavy (non-hydrogen) atoms. The normalized spacial score (nSPS) is 15.7. The van der Waals surface area contributed by atoms with Gasteiger partial charge in [0.2, 0.25) is 0 Å². The summed E-state index contributed by atoms with van der Waals surface area (Å²) in [5.41, 5.74) is 32.1. The Bertz CT molecular complexity index is 3730. The van der Waals surface area contributed by atoms with Crippen LogP contribution in [0.1, 0.15) is 163 Å². The predicted octanol–water partition coefficient (Wildman–Crippen LogP) is 22.7. The maximum absolute atomic E-state index is 2.52. The molecule has 0 N–H and O–H groups in total. The number of rotatable bonds is 8. The number of aryl methyl sites for hydroxylation is 4. The van der Waals surface area contributed by atoms with Gasteiger partial charge in [0, 0.05) is 16.2 Å². The molecule has 3 aliphatic carbocycles. The van der Waals surface area contributed by atoms with E-state index in [1.807, 2.05) is 13.8 Å². The first-order valence-corrected chi connectivity index (χ1v) is 30.2. The third-order valence-corrected chi connectivity index (χ3v) is 17.7. The van der Waals surface area contributed by atoms with Crippen molar-refractivity contribution < 1.29 is 0 Å². The van der Waals surface area contributed by atoms with E-state index in [4.69, 9.17) is 0 Å². The number of fused-ring (bicyclic) bond motifs is 6. The Hall–Kier alpha value is -7.54. The van der Waals surface area contributed by atoms with Crippen LogP contribution in [0.4, 0.5) is 0 Å². The van der Waals surface area contributed by atoms with Crippen molar-refractivity contribution >= 4 is 5.57 Å². The maximum Gasteiger partial charge on any atom is 0.0159 e. The van der Waals surface area contributed by atoms with Crippen molar-refractivity contribution in [3.05, 3.63) is 279 Å². The van der Waals surface area contributed by atoms with Crippen molar-refractivity contribution in [2.24, 2.45) is 0 Å². The van der Waals surface area contributed by atoms with Crippen LogP contribution in [0.5, 0.6) is 0 Å². The molecule has 0 bridgehead atoms. The summed E-state index contributed by atoms with van der Waals surface area (Å²) >= 11 is 0. The molecule has 0 aromatic heterocycles. The van der Waals surface area contributed by atoms with Crippen molar-refractivity contribution in [1.82, 2.24) is 0 Å². The fourth-order valence-electron chi connectivity index (χ4n) is 12.8. The molecule has 0 saturated carbocycles. The van der Waals surface area contributed by atoms with Crippen LogP contribution in [0.2, 0.25) is 0 Å². The van der Waals surface area contributed by atoms with Gasteiger partial charge in [0.25, 0.3) is 0 Å². The second kappa shape index (κ2) is 23.9. The minimum atomic E-state index is -0.0636. The van der Waals surface area contributed by atoms with Gasteiger partial charge in [-0.15, -0.1) is 0 Å². The summed E-state index contributed by atoms with van der Waals surface area (Å²) in [5, 5.41) is 0. The van der Waals surface area contributed by atoms with Crippen LogP contribution in [0, 0.1) is 20.8 Å². The Morgan fingerprint density at radius 1 is 0.432 bits per heavy atom. The quantitative estimate of drug-likeness (QED) is 0.142. The Labute approximate surface area is 488 Å². The van der Waals surface area contributed by atoms with Gasteiger partial charge >= 0.3 is 0 Å². The first-order valence-electron chi connectivity index (χ1n) is 30.2. The van der Waals surface area contributed by atoms with Gasteiger partial charge < -0.3 is 0 Å². The smallest absolute Gasteiger partial charge is 0.0159 e. The second-order valence-electron chi connectivity index (χ2n) is 25.1. The molecule has 0 fully saturated rings. The topological polar surface area (TPSA) is 0 Å². The Kier molecular flexibility index (Phi) is 17.1. The lowest BCUT2D eigenvalue weighted by molar-refractivity contribution is 0.592. The largest absolute Gasteiger partial charge is 0.0755 e. The van der Waals surface area contributed by atoms with Gasteiger partial charge in [-0.05, 0) is 180 Å². The van der Waals surface area contributed by atoms with Crippen LogP contribution in [-0.2, 0) is 34.5 Å². The van der Waals surface area contributed by atoms with E-state index in [1.54, 1.807) is 0 Å². The van der Waals surface area contributed by atoms with Crippen LogP contribution < -0.4 is 0 Å². The van der Waals surface area contributed by atoms with E-state index in [0.717, 1.165) is 25.7 Å². The van der Waals surface area contributed by atoms with E-state index in [-0.39, 0.29) is 21.7 Å². The predicted molar refractivity (Wildman–Crippen MR) is 354 cm³/mol. The van der Waals surface area contributed by atoms with Crippen molar-refractivity contribution in [1.29, 1.82) is 0 Å². The van der Waals surface area contributed by atoms with Gasteiger partial charge in [-0.1, -0.05) is 295 Å². The highest BCUT2D eigenvalue weighted by atomic mass is 14.4. The maximum atomic E-state index is 2.52. The van der Waals surface area contributed by atoms with Crippen LogP contribution >= 0.6 is 0 Å². The fraction of sp³-hybridized carbons (Fsp3) is 0.284. The van der Waals surface area contributed by atoms with Crippen molar-refractivity contribution in [2.75, 3.05) is 0 Å². The lowest BCUT2D eigenvalue weighted by Crippen LogP contribution is -2.19. The molecule has 1 atom stereocenters. The molecule has 0 nitrogen and oxygen atoms in total. The number of benzene rings is 9. The molecule has 0 saturated heterocycles. The first kappa shape index (κ1) is 58.1. The summed E-state index contributed by atoms with van der Waals surface area (Å²) in [4.78, 5) is 0. The molecule has 0 heterocycles. The Morgan fingerprint density at radius 2 is 0.951 bits per heavy atom. The van der Waals surface area contributed by atoms with Gasteiger partial charge in [0.15, 0.2) is 0 Å². The average molecular weight is 1060 g/mol. The lowest BCUT2D eigenvalue weighted by Gasteiger charge is -2.28. The fourth-order valence-corrected chi connectivity index (χ4v) is 12.8. The summed E-state index contributed by atoms with van der Waals surface area (Å²) < 4.78 is 0. The zero-order valence-electron chi connectivity index (χ0n) is 51.5. The minimum Gasteiger partial charge on any atom is -0.0755 e. The average Bonchev–Trinajstić information content (AvgIpc) is 3.92. The molecule has 9 aromatic carbocycles. The first-order chi connectivity index (χ1) is 38.8. The third-order valence-electron chi connectivity index (χ3n) is 17.7. The molecule has 0 amide bonds. The second-order valence-corrected chi connectivity index (χ2v) is 25.1. The van der Waals surface area contributed by atoms with Gasteiger partial charge in [-0.25, -0.2) is 0 Å². The lowest BCUT2D eigenvalue weighted by atomic mass is 9.75. The van der Waals surface area contributed by atoms with Gasteiger partial charge in [-0.2, -0.15) is 0 Å². The third kappa shape index (κ3) is 11.7. The summed E-state index contributed by atoms with van der Waals surface area (Å²) in [7, 11) is 0. The highest BCUT2D eigenvalue weighted by Crippen LogP contribution is 2.57. The highest BCUT2D eigenvalue weighted by molar-refractivity contribution is 5.91. The molecule has 12 rings (SSSR count). The van der Waals surface area contributed by atoms with Crippen LogP contribution in [-0.4, -0.2) is 0 Å². The Balaban J connectivity index is 0.000000165. The molecule has 0 radical (unpaired) electrons. The molecular formula is C81H88. The summed E-state index contributed by atoms with van der Waals surface area (Å²) in [6.07, 6.45) is 11.3. The Morgan fingerprint density at radius 3 is 1.54 bits per heavy atom. The zero-order valence-corrected chi connectivity index (χ0v) is 51.5. The minimum absolute atomic E-state index is 0.00359. The van der Waals surface area contributed by atoms with Crippen LogP contribution in [0.3, 0.4) is 0 Å². The number of hydrogen-bond acceptors (Lipinski definition) is 0. The van der Waals surface area contributed by atoms with Gasteiger partial charge in [0.1, 0.15) is 0 Å². The number of hydrogen-bond donors (Lipinski definition) is 0. The molecule has 1 unspecified atom stereocenters. The van der Waals surface area contributed by atoms with E-state index in [0.29, 0.717) is 0 Å². The van der Waals surface area contributed by atoms with E-state index in [2.05, 4.69) is 302 Å². The van der Waals surface area contributed by atoms with Crippen LogP contribution in [0.15, 0.2) is 212 Å². The van der Waals surface area contributed by atoms with E-state index >= 15 is 0 Å². The molecular weight excluding hydrogens is 973 g/mol. The van der Waals surface area contributed by atoms with E-state index in [9.17, 15) is 0 Å². The summed E-state index contributed by atoms with van der Waals surface area (Å²) in [6, 6.07) is 72.2. The molecule has 3 aliphatic rings. The van der Waals surface area contributed by atoms with Crippen molar-refractivity contribution in [2.45, 2.75) is 151 Å². The monoisotopic (exact) mass is 1060 g/mol. The summed E-state index contributed by atoms with van der Waals surface area (Å²) in [5.74, 6) is 0.